The monoisotopic (exact) mass is 275 g/mol. The van der Waals surface area contributed by atoms with E-state index in [0.717, 1.165) is 12.1 Å². The summed E-state index contributed by atoms with van der Waals surface area (Å²) in [4.78, 5) is 2.57. The van der Waals surface area contributed by atoms with Gasteiger partial charge in [0.05, 0.1) is 5.52 Å². The second-order valence-corrected chi connectivity index (χ2v) is 6.21. The fourth-order valence-electron chi connectivity index (χ4n) is 2.79. The molecule has 1 fully saturated rings. The minimum atomic E-state index is 0.474. The maximum absolute atomic E-state index is 4.48. The van der Waals surface area contributed by atoms with E-state index < -0.39 is 0 Å². The first-order valence-corrected chi connectivity index (χ1v) is 7.93. The molecular formula is C15H21N3S. The van der Waals surface area contributed by atoms with Crippen molar-refractivity contribution in [3.8, 4) is 0 Å². The van der Waals surface area contributed by atoms with Crippen molar-refractivity contribution in [2.45, 2.75) is 32.2 Å². The smallest absolute Gasteiger partial charge is 0.117 e. The van der Waals surface area contributed by atoms with Gasteiger partial charge in [-0.05, 0) is 56.5 Å². The Hall–Kier alpha value is -1.13. The van der Waals surface area contributed by atoms with Crippen LogP contribution in [0.5, 0.6) is 0 Å². The molecule has 2 heterocycles. The summed E-state index contributed by atoms with van der Waals surface area (Å²) in [5.41, 5.74) is 1.10. The summed E-state index contributed by atoms with van der Waals surface area (Å²) in [7, 11) is 0. The molecule has 1 aliphatic heterocycles. The Kier molecular flexibility index (Phi) is 3.99. The van der Waals surface area contributed by atoms with E-state index >= 15 is 0 Å². The molecule has 1 aromatic carbocycles. The molecule has 2 aromatic rings. The zero-order valence-electron chi connectivity index (χ0n) is 11.4. The molecule has 1 atom stereocenters. The van der Waals surface area contributed by atoms with Gasteiger partial charge in [-0.25, -0.2) is 0 Å². The molecule has 0 aliphatic carbocycles. The van der Waals surface area contributed by atoms with E-state index in [-0.39, 0.29) is 0 Å². The summed E-state index contributed by atoms with van der Waals surface area (Å²) in [6.07, 6.45) is 4.12. The van der Waals surface area contributed by atoms with Gasteiger partial charge in [-0.1, -0.05) is 18.6 Å². The van der Waals surface area contributed by atoms with Crippen molar-refractivity contribution in [2.24, 2.45) is 0 Å². The van der Waals surface area contributed by atoms with E-state index in [4.69, 9.17) is 0 Å². The summed E-state index contributed by atoms with van der Waals surface area (Å²) in [5.74, 6) is 0. The molecule has 0 spiro atoms. The van der Waals surface area contributed by atoms with Gasteiger partial charge in [-0.3, -0.25) is 0 Å². The lowest BCUT2D eigenvalue weighted by Gasteiger charge is -2.29. The van der Waals surface area contributed by atoms with Crippen molar-refractivity contribution >= 4 is 27.4 Å². The quantitative estimate of drug-likeness (QED) is 0.924. The molecule has 4 heteroatoms. The molecule has 0 saturated carbocycles. The predicted octanol–water partition coefficient (Wildman–Crippen LogP) is 3.58. The van der Waals surface area contributed by atoms with Crippen molar-refractivity contribution < 1.29 is 0 Å². The number of fused-ring (bicyclic) bond motifs is 1. The van der Waals surface area contributed by atoms with Gasteiger partial charge in [0.15, 0.2) is 0 Å². The number of likely N-dealkylation sites (tertiary alicyclic amines) is 1. The van der Waals surface area contributed by atoms with Crippen LogP contribution >= 0.6 is 11.5 Å². The molecule has 0 amide bonds. The Labute approximate surface area is 118 Å². The lowest BCUT2D eigenvalue weighted by molar-refractivity contribution is 0.223. The lowest BCUT2D eigenvalue weighted by Crippen LogP contribution is -2.38. The number of hydrogen-bond donors (Lipinski definition) is 1. The number of nitrogens with one attached hydrogen (secondary N) is 1. The average Bonchev–Trinajstić information content (AvgIpc) is 2.83. The first-order valence-electron chi connectivity index (χ1n) is 7.16. The molecule has 1 N–H and O–H groups in total. The molecule has 1 saturated heterocycles. The van der Waals surface area contributed by atoms with Gasteiger partial charge in [0.2, 0.25) is 0 Å². The fourth-order valence-corrected chi connectivity index (χ4v) is 3.67. The highest BCUT2D eigenvalue weighted by Crippen LogP contribution is 2.27. The van der Waals surface area contributed by atoms with Gasteiger partial charge in [-0.2, -0.15) is 4.37 Å². The fraction of sp³-hybridized carbons (Fsp3) is 0.533. The number of piperidine rings is 1. The zero-order chi connectivity index (χ0) is 13.1. The van der Waals surface area contributed by atoms with Crippen LogP contribution in [-0.2, 0) is 0 Å². The second-order valence-electron chi connectivity index (χ2n) is 5.44. The van der Waals surface area contributed by atoms with E-state index in [9.17, 15) is 0 Å². The topological polar surface area (TPSA) is 28.2 Å². The largest absolute Gasteiger partial charge is 0.371 e. The maximum Gasteiger partial charge on any atom is 0.117 e. The normalized spacial score (nSPS) is 18.6. The molecule has 0 bridgehead atoms. The summed E-state index contributed by atoms with van der Waals surface area (Å²) < 4.78 is 4.48. The third-order valence-corrected chi connectivity index (χ3v) is 4.55. The van der Waals surface area contributed by atoms with Gasteiger partial charge in [0.25, 0.3) is 0 Å². The van der Waals surface area contributed by atoms with Crippen LogP contribution in [0, 0.1) is 0 Å². The maximum atomic E-state index is 4.48. The van der Waals surface area contributed by atoms with Crippen molar-refractivity contribution in [3.05, 3.63) is 24.3 Å². The second kappa shape index (κ2) is 5.88. The molecule has 3 rings (SSSR count). The van der Waals surface area contributed by atoms with Crippen LogP contribution in [0.15, 0.2) is 24.3 Å². The summed E-state index contributed by atoms with van der Waals surface area (Å²) in [6.45, 7) is 5.92. The predicted molar refractivity (Wildman–Crippen MR) is 83.0 cm³/mol. The SMILES string of the molecule is CC(CN1CCCCC1)Nc1snc2ccccc12. The molecule has 102 valence electrons. The number of aromatic nitrogens is 1. The van der Waals surface area contributed by atoms with E-state index in [0.29, 0.717) is 6.04 Å². The highest BCUT2D eigenvalue weighted by Gasteiger charge is 2.14. The van der Waals surface area contributed by atoms with Crippen LogP contribution < -0.4 is 5.32 Å². The van der Waals surface area contributed by atoms with E-state index in [2.05, 4.69) is 39.7 Å². The van der Waals surface area contributed by atoms with Crippen LogP contribution in [0.3, 0.4) is 0 Å². The van der Waals surface area contributed by atoms with E-state index in [1.807, 2.05) is 6.07 Å². The lowest BCUT2D eigenvalue weighted by atomic mass is 10.1. The highest BCUT2D eigenvalue weighted by atomic mass is 32.1. The Morgan fingerprint density at radius 1 is 1.26 bits per heavy atom. The van der Waals surface area contributed by atoms with E-state index in [1.165, 1.54) is 42.7 Å². The van der Waals surface area contributed by atoms with Gasteiger partial charge < -0.3 is 10.2 Å². The van der Waals surface area contributed by atoms with Gasteiger partial charge in [-0.15, -0.1) is 0 Å². The first-order chi connectivity index (χ1) is 9.33. The Bertz CT molecular complexity index is 531. The van der Waals surface area contributed by atoms with Crippen LogP contribution in [0.4, 0.5) is 5.00 Å². The van der Waals surface area contributed by atoms with Crippen molar-refractivity contribution in [2.75, 3.05) is 25.0 Å². The Balaban J connectivity index is 1.63. The number of hydrogen-bond acceptors (Lipinski definition) is 4. The molecule has 0 radical (unpaired) electrons. The molecule has 3 nitrogen and oxygen atoms in total. The van der Waals surface area contributed by atoms with Crippen LogP contribution in [0.1, 0.15) is 26.2 Å². The highest BCUT2D eigenvalue weighted by molar-refractivity contribution is 7.11. The third kappa shape index (κ3) is 3.07. The minimum Gasteiger partial charge on any atom is -0.371 e. The van der Waals surface area contributed by atoms with Gasteiger partial charge in [0, 0.05) is 18.0 Å². The Morgan fingerprint density at radius 2 is 2.05 bits per heavy atom. The minimum absolute atomic E-state index is 0.474. The first kappa shape index (κ1) is 12.9. The molecule has 1 aromatic heterocycles. The van der Waals surface area contributed by atoms with Crippen LogP contribution in [0.25, 0.3) is 10.9 Å². The number of rotatable bonds is 4. The van der Waals surface area contributed by atoms with Crippen molar-refractivity contribution in [1.29, 1.82) is 0 Å². The Morgan fingerprint density at radius 3 is 2.89 bits per heavy atom. The van der Waals surface area contributed by atoms with Crippen LogP contribution in [-0.4, -0.2) is 34.9 Å². The van der Waals surface area contributed by atoms with E-state index in [1.54, 1.807) is 11.5 Å². The van der Waals surface area contributed by atoms with Crippen LogP contribution in [0.2, 0.25) is 0 Å². The number of nitrogens with zero attached hydrogens (tertiary/aromatic N) is 2. The van der Waals surface area contributed by atoms with Crippen molar-refractivity contribution in [3.63, 3.8) is 0 Å². The molecule has 1 unspecified atom stereocenters. The van der Waals surface area contributed by atoms with Crippen molar-refractivity contribution in [1.82, 2.24) is 9.27 Å². The van der Waals surface area contributed by atoms with Gasteiger partial charge in [0.1, 0.15) is 5.00 Å². The zero-order valence-corrected chi connectivity index (χ0v) is 12.2. The summed E-state index contributed by atoms with van der Waals surface area (Å²) >= 11 is 1.57. The number of anilines is 1. The standard InChI is InChI=1S/C15H21N3S/c1-12(11-18-9-5-2-6-10-18)16-15-13-7-3-4-8-14(13)17-19-15/h3-4,7-8,12,16H,2,5-6,9-11H2,1H3. The number of benzene rings is 1. The summed E-state index contributed by atoms with van der Waals surface area (Å²) in [6, 6.07) is 8.82. The molecule has 19 heavy (non-hydrogen) atoms. The average molecular weight is 275 g/mol. The molecular weight excluding hydrogens is 254 g/mol. The third-order valence-electron chi connectivity index (χ3n) is 3.74. The van der Waals surface area contributed by atoms with Gasteiger partial charge >= 0.3 is 0 Å². The molecule has 1 aliphatic rings. The summed E-state index contributed by atoms with van der Waals surface area (Å²) in [5, 5.41) is 6.08.